The first kappa shape index (κ1) is 12.0. The molecule has 1 aliphatic carbocycles. The van der Waals surface area contributed by atoms with Crippen LogP contribution in [0.5, 0.6) is 0 Å². The summed E-state index contributed by atoms with van der Waals surface area (Å²) in [4.78, 5) is 2.19. The lowest BCUT2D eigenvalue weighted by atomic mass is 9.61. The third-order valence-electron chi connectivity index (χ3n) is 3.46. The third kappa shape index (κ3) is 3.23. The average Bonchev–Trinajstić information content (AvgIpc) is 2.12. The lowest BCUT2D eigenvalue weighted by molar-refractivity contribution is 0.0563. The van der Waals surface area contributed by atoms with Crippen LogP contribution in [0.15, 0.2) is 0 Å². The van der Waals surface area contributed by atoms with Gasteiger partial charge in [-0.15, -0.1) is 0 Å². The summed E-state index contributed by atoms with van der Waals surface area (Å²) in [7, 11) is 4.13. The molecule has 0 aromatic carbocycles. The van der Waals surface area contributed by atoms with E-state index in [1.54, 1.807) is 0 Å². The molecular formula is C11H25N3. The van der Waals surface area contributed by atoms with E-state index in [0.29, 0.717) is 12.1 Å². The predicted molar refractivity (Wildman–Crippen MR) is 61.1 cm³/mol. The molecule has 1 fully saturated rings. The van der Waals surface area contributed by atoms with Gasteiger partial charge in [-0.1, -0.05) is 6.92 Å². The maximum atomic E-state index is 5.55. The van der Waals surface area contributed by atoms with Crippen molar-refractivity contribution in [1.82, 2.24) is 10.2 Å². The summed E-state index contributed by atoms with van der Waals surface area (Å²) in [5.74, 6) is 0.910. The highest BCUT2D eigenvalue weighted by Gasteiger charge is 2.39. The Balaban J connectivity index is 2.14. The number of hydrogen-bond acceptors (Lipinski definition) is 3. The summed E-state index contributed by atoms with van der Waals surface area (Å²) in [5, 5.41) is 3.25. The van der Waals surface area contributed by atoms with Gasteiger partial charge in [-0.05, 0) is 57.8 Å². The Labute approximate surface area is 88.0 Å². The lowest BCUT2D eigenvalue weighted by Gasteiger charge is -2.46. The fraction of sp³-hybridized carbons (Fsp3) is 1.00. The van der Waals surface area contributed by atoms with Crippen LogP contribution in [0.2, 0.25) is 0 Å². The molecule has 0 aliphatic heterocycles. The normalized spacial score (nSPS) is 31.9. The molecule has 0 saturated heterocycles. The second-order valence-electron chi connectivity index (χ2n) is 5.15. The van der Waals surface area contributed by atoms with E-state index in [9.17, 15) is 0 Å². The summed E-state index contributed by atoms with van der Waals surface area (Å²) in [6.45, 7) is 5.40. The van der Waals surface area contributed by atoms with Gasteiger partial charge in [0.1, 0.15) is 0 Å². The van der Waals surface area contributed by atoms with Crippen LogP contribution >= 0.6 is 0 Å². The number of nitrogens with two attached hydrogens (primary N) is 1. The van der Waals surface area contributed by atoms with Crippen LogP contribution in [0.25, 0.3) is 0 Å². The van der Waals surface area contributed by atoms with Crippen LogP contribution in [0, 0.1) is 11.3 Å². The molecule has 0 aromatic heterocycles. The molecule has 0 unspecified atom stereocenters. The van der Waals surface area contributed by atoms with Crippen LogP contribution < -0.4 is 11.1 Å². The van der Waals surface area contributed by atoms with Gasteiger partial charge in [0, 0.05) is 6.67 Å². The highest BCUT2D eigenvalue weighted by molar-refractivity contribution is 4.91. The molecule has 1 saturated carbocycles. The standard InChI is InChI=1S/C11H25N3/c1-11(4-5-14(3)9-12)6-10(7-11)8-13-2/h10,13H,4-9,12H2,1-3H3. The highest BCUT2D eigenvalue weighted by atomic mass is 15.1. The van der Waals surface area contributed by atoms with Crippen molar-refractivity contribution >= 4 is 0 Å². The number of hydrogen-bond donors (Lipinski definition) is 2. The van der Waals surface area contributed by atoms with E-state index in [1.165, 1.54) is 25.8 Å². The van der Waals surface area contributed by atoms with Crippen molar-refractivity contribution in [1.29, 1.82) is 0 Å². The smallest absolute Gasteiger partial charge is 0.0452 e. The van der Waals surface area contributed by atoms with E-state index in [-0.39, 0.29) is 0 Å². The Morgan fingerprint density at radius 2 is 2.14 bits per heavy atom. The summed E-state index contributed by atoms with van der Waals surface area (Å²) in [6.07, 6.45) is 4.05. The van der Waals surface area contributed by atoms with Crippen LogP contribution in [0.1, 0.15) is 26.2 Å². The van der Waals surface area contributed by atoms with Gasteiger partial charge in [0.05, 0.1) is 0 Å². The zero-order valence-corrected chi connectivity index (χ0v) is 9.84. The number of nitrogens with zero attached hydrogens (tertiary/aromatic N) is 1. The molecule has 0 heterocycles. The van der Waals surface area contributed by atoms with Crippen molar-refractivity contribution in [3.63, 3.8) is 0 Å². The van der Waals surface area contributed by atoms with Crippen molar-refractivity contribution in [2.75, 3.05) is 33.9 Å². The summed E-state index contributed by atoms with van der Waals surface area (Å²) in [5.41, 5.74) is 6.14. The molecular weight excluding hydrogens is 174 g/mol. The van der Waals surface area contributed by atoms with Crippen molar-refractivity contribution in [2.24, 2.45) is 17.1 Å². The van der Waals surface area contributed by atoms with Gasteiger partial charge in [0.25, 0.3) is 0 Å². The fourth-order valence-electron chi connectivity index (χ4n) is 2.52. The molecule has 3 N–H and O–H groups in total. The van der Waals surface area contributed by atoms with E-state index in [2.05, 4.69) is 24.2 Å². The lowest BCUT2D eigenvalue weighted by Crippen LogP contribution is -2.41. The largest absolute Gasteiger partial charge is 0.319 e. The van der Waals surface area contributed by atoms with Crippen molar-refractivity contribution < 1.29 is 0 Å². The molecule has 84 valence electrons. The van der Waals surface area contributed by atoms with Gasteiger partial charge < -0.3 is 11.1 Å². The van der Waals surface area contributed by atoms with Gasteiger partial charge in [0.15, 0.2) is 0 Å². The Morgan fingerprint density at radius 3 is 2.64 bits per heavy atom. The second-order valence-corrected chi connectivity index (χ2v) is 5.15. The van der Waals surface area contributed by atoms with Crippen molar-refractivity contribution in [3.05, 3.63) is 0 Å². The van der Waals surface area contributed by atoms with E-state index >= 15 is 0 Å². The quantitative estimate of drug-likeness (QED) is 0.623. The molecule has 3 nitrogen and oxygen atoms in total. The Kier molecular flexibility index (Phi) is 4.35. The maximum Gasteiger partial charge on any atom is 0.0452 e. The van der Waals surface area contributed by atoms with Crippen molar-refractivity contribution in [3.8, 4) is 0 Å². The number of nitrogens with one attached hydrogen (secondary N) is 1. The number of rotatable bonds is 6. The first-order valence-electron chi connectivity index (χ1n) is 5.63. The predicted octanol–water partition coefficient (Wildman–Crippen LogP) is 0.860. The third-order valence-corrected chi connectivity index (χ3v) is 3.46. The molecule has 0 radical (unpaired) electrons. The van der Waals surface area contributed by atoms with E-state index < -0.39 is 0 Å². The molecule has 0 bridgehead atoms. The minimum absolute atomic E-state index is 0.588. The molecule has 0 aromatic rings. The van der Waals surface area contributed by atoms with Crippen LogP contribution in [0.3, 0.4) is 0 Å². The molecule has 0 amide bonds. The van der Waals surface area contributed by atoms with Gasteiger partial charge in [-0.25, -0.2) is 0 Å². The molecule has 0 spiro atoms. The summed E-state index contributed by atoms with van der Waals surface area (Å²) < 4.78 is 0. The fourth-order valence-corrected chi connectivity index (χ4v) is 2.52. The van der Waals surface area contributed by atoms with E-state index in [4.69, 9.17) is 5.73 Å². The molecule has 14 heavy (non-hydrogen) atoms. The van der Waals surface area contributed by atoms with Gasteiger partial charge >= 0.3 is 0 Å². The first-order chi connectivity index (χ1) is 6.59. The van der Waals surface area contributed by atoms with Crippen LogP contribution in [-0.4, -0.2) is 38.8 Å². The van der Waals surface area contributed by atoms with Gasteiger partial charge in [-0.3, -0.25) is 4.90 Å². The summed E-state index contributed by atoms with van der Waals surface area (Å²) in [6, 6.07) is 0. The highest BCUT2D eigenvalue weighted by Crippen LogP contribution is 2.47. The van der Waals surface area contributed by atoms with Crippen LogP contribution in [-0.2, 0) is 0 Å². The molecule has 0 atom stereocenters. The Morgan fingerprint density at radius 1 is 1.50 bits per heavy atom. The zero-order chi connectivity index (χ0) is 10.6. The SMILES string of the molecule is CNCC1CC(C)(CCN(C)CN)C1. The van der Waals surface area contributed by atoms with Crippen LogP contribution in [0.4, 0.5) is 0 Å². The second kappa shape index (κ2) is 5.10. The minimum atomic E-state index is 0.588. The topological polar surface area (TPSA) is 41.3 Å². The van der Waals surface area contributed by atoms with Gasteiger partial charge in [0.2, 0.25) is 0 Å². The maximum absolute atomic E-state index is 5.55. The van der Waals surface area contributed by atoms with E-state index in [0.717, 1.165) is 12.5 Å². The molecule has 1 rings (SSSR count). The van der Waals surface area contributed by atoms with E-state index in [1.807, 2.05) is 7.05 Å². The Bertz CT molecular complexity index is 164. The monoisotopic (exact) mass is 199 g/mol. The average molecular weight is 199 g/mol. The Hall–Kier alpha value is -0.120. The van der Waals surface area contributed by atoms with Gasteiger partial charge in [-0.2, -0.15) is 0 Å². The molecule has 3 heteroatoms. The first-order valence-corrected chi connectivity index (χ1v) is 5.63. The summed E-state index contributed by atoms with van der Waals surface area (Å²) >= 11 is 0. The zero-order valence-electron chi connectivity index (χ0n) is 9.84. The molecule has 1 aliphatic rings. The van der Waals surface area contributed by atoms with Crippen molar-refractivity contribution in [2.45, 2.75) is 26.2 Å². The minimum Gasteiger partial charge on any atom is -0.319 e.